The third kappa shape index (κ3) is 1.32. The molecule has 3 N–H and O–H groups in total. The number of aromatic amines is 1. The Kier molecular flexibility index (Phi) is 2.07. The van der Waals surface area contributed by atoms with Crippen LogP contribution in [0, 0.1) is 0 Å². The van der Waals surface area contributed by atoms with Crippen molar-refractivity contribution in [3.05, 3.63) is 34.1 Å². The molecule has 1 aromatic carbocycles. The van der Waals surface area contributed by atoms with Crippen molar-refractivity contribution in [2.75, 3.05) is 0 Å². The molecular formula is C10H11N3O2. The number of nitrogens with two attached hydrogens (primary N) is 1. The average molecular weight is 205 g/mol. The molecule has 2 rings (SSSR count). The van der Waals surface area contributed by atoms with Gasteiger partial charge in [0.1, 0.15) is 0 Å². The number of rotatable bonds is 2. The summed E-state index contributed by atoms with van der Waals surface area (Å²) < 4.78 is 1.68. The molecule has 1 aromatic heterocycles. The molecule has 0 fully saturated rings. The maximum absolute atomic E-state index is 11.6. The number of nitrogens with one attached hydrogen (secondary N) is 1. The Labute approximate surface area is 85.5 Å². The van der Waals surface area contributed by atoms with Crippen molar-refractivity contribution < 1.29 is 4.79 Å². The Morgan fingerprint density at radius 1 is 1.53 bits per heavy atom. The first kappa shape index (κ1) is 9.51. The van der Waals surface area contributed by atoms with Crippen molar-refractivity contribution >= 4 is 16.8 Å². The van der Waals surface area contributed by atoms with Crippen molar-refractivity contribution in [2.45, 2.75) is 13.5 Å². The van der Waals surface area contributed by atoms with Gasteiger partial charge < -0.3 is 5.73 Å². The molecule has 78 valence electrons. The largest absolute Gasteiger partial charge is 0.366 e. The van der Waals surface area contributed by atoms with Gasteiger partial charge in [-0.2, -0.15) is 0 Å². The number of benzene rings is 1. The molecule has 5 nitrogen and oxygen atoms in total. The highest BCUT2D eigenvalue weighted by Crippen LogP contribution is 2.14. The van der Waals surface area contributed by atoms with E-state index in [0.29, 0.717) is 17.4 Å². The molecule has 1 heterocycles. The highest BCUT2D eigenvalue weighted by Gasteiger charge is 2.12. The number of fused-ring (bicyclic) bond motifs is 1. The minimum atomic E-state index is -0.583. The van der Waals surface area contributed by atoms with Crippen LogP contribution >= 0.6 is 0 Å². The van der Waals surface area contributed by atoms with Gasteiger partial charge in [0.2, 0.25) is 5.91 Å². The number of amides is 1. The first-order chi connectivity index (χ1) is 7.15. The zero-order valence-electron chi connectivity index (χ0n) is 8.28. The molecule has 0 saturated heterocycles. The molecule has 0 spiro atoms. The number of nitrogens with zero attached hydrogens (tertiary/aromatic N) is 1. The minimum Gasteiger partial charge on any atom is -0.366 e. The zero-order chi connectivity index (χ0) is 11.0. The summed E-state index contributed by atoms with van der Waals surface area (Å²) in [5.41, 5.74) is 5.89. The van der Waals surface area contributed by atoms with Crippen LogP contribution in [0.5, 0.6) is 0 Å². The second kappa shape index (κ2) is 3.27. The van der Waals surface area contributed by atoms with Gasteiger partial charge in [0.15, 0.2) is 0 Å². The Hall–Kier alpha value is -2.04. The van der Waals surface area contributed by atoms with Gasteiger partial charge in [-0.05, 0) is 19.1 Å². The molecule has 0 radical (unpaired) electrons. The summed E-state index contributed by atoms with van der Waals surface area (Å²) in [5.74, 6) is -0.583. The summed E-state index contributed by atoms with van der Waals surface area (Å²) in [7, 11) is 0. The number of carbonyl (C=O) groups excluding carboxylic acids is 1. The van der Waals surface area contributed by atoms with E-state index in [1.807, 2.05) is 6.92 Å². The monoisotopic (exact) mass is 205 g/mol. The third-order valence-corrected chi connectivity index (χ3v) is 2.38. The lowest BCUT2D eigenvalue weighted by Gasteiger charge is -2.00. The molecule has 0 atom stereocenters. The van der Waals surface area contributed by atoms with Crippen LogP contribution in [0.2, 0.25) is 0 Å². The Morgan fingerprint density at radius 3 is 2.87 bits per heavy atom. The summed E-state index contributed by atoms with van der Waals surface area (Å²) in [5, 5.41) is 3.02. The van der Waals surface area contributed by atoms with E-state index < -0.39 is 5.91 Å². The lowest BCUT2D eigenvalue weighted by Crippen LogP contribution is -2.14. The number of aromatic nitrogens is 2. The van der Waals surface area contributed by atoms with E-state index in [2.05, 4.69) is 5.10 Å². The summed E-state index contributed by atoms with van der Waals surface area (Å²) in [6.07, 6.45) is 0. The van der Waals surface area contributed by atoms with E-state index >= 15 is 0 Å². The molecule has 0 aliphatic rings. The highest BCUT2D eigenvalue weighted by molar-refractivity contribution is 6.05. The van der Waals surface area contributed by atoms with E-state index in [1.165, 1.54) is 0 Å². The molecule has 15 heavy (non-hydrogen) atoms. The first-order valence-electron chi connectivity index (χ1n) is 4.66. The molecule has 1 amide bonds. The molecule has 0 aliphatic heterocycles. The van der Waals surface area contributed by atoms with Crippen LogP contribution in [0.1, 0.15) is 17.3 Å². The second-order valence-corrected chi connectivity index (χ2v) is 3.25. The fraction of sp³-hybridized carbons (Fsp3) is 0.200. The van der Waals surface area contributed by atoms with E-state index in [1.54, 1.807) is 22.9 Å². The Balaban J connectivity index is 2.92. The van der Waals surface area contributed by atoms with E-state index in [0.717, 1.165) is 0 Å². The predicted octanol–water partition coefficient (Wildman–Crippen LogP) is 0.448. The number of primary amides is 1. The summed E-state index contributed by atoms with van der Waals surface area (Å²) in [6.45, 7) is 2.55. The predicted molar refractivity (Wildman–Crippen MR) is 56.8 cm³/mol. The first-order valence-corrected chi connectivity index (χ1v) is 4.66. The molecule has 0 unspecified atom stereocenters. The van der Waals surface area contributed by atoms with Crippen LogP contribution in [-0.4, -0.2) is 15.7 Å². The number of H-pyrrole nitrogens is 1. The van der Waals surface area contributed by atoms with Gasteiger partial charge in [-0.1, -0.05) is 6.07 Å². The van der Waals surface area contributed by atoms with Crippen molar-refractivity contribution in [1.82, 2.24) is 9.78 Å². The van der Waals surface area contributed by atoms with Gasteiger partial charge >= 0.3 is 0 Å². The minimum absolute atomic E-state index is 0.265. The molecule has 0 saturated carbocycles. The van der Waals surface area contributed by atoms with Gasteiger partial charge in [0.05, 0.1) is 16.5 Å². The zero-order valence-corrected chi connectivity index (χ0v) is 8.28. The molecule has 0 aliphatic carbocycles. The Bertz CT molecular complexity index is 580. The highest BCUT2D eigenvalue weighted by atomic mass is 16.1. The summed E-state index contributed by atoms with van der Waals surface area (Å²) >= 11 is 0. The van der Waals surface area contributed by atoms with Gasteiger partial charge in [-0.15, -0.1) is 0 Å². The van der Waals surface area contributed by atoms with Crippen LogP contribution < -0.4 is 11.3 Å². The van der Waals surface area contributed by atoms with Crippen LogP contribution in [-0.2, 0) is 6.54 Å². The lowest BCUT2D eigenvalue weighted by atomic mass is 10.1. The number of carbonyl (C=O) groups is 1. The maximum atomic E-state index is 11.6. The SMILES string of the molecule is CCn1[nH]c(=O)c2c(C(N)=O)cccc21. The molecule has 2 aromatic rings. The normalized spacial score (nSPS) is 10.7. The Morgan fingerprint density at radius 2 is 2.27 bits per heavy atom. The van der Waals surface area contributed by atoms with Crippen LogP contribution in [0.15, 0.2) is 23.0 Å². The lowest BCUT2D eigenvalue weighted by molar-refractivity contribution is 0.100. The smallest absolute Gasteiger partial charge is 0.272 e. The number of aryl methyl sites for hydroxylation is 1. The second-order valence-electron chi connectivity index (χ2n) is 3.25. The average Bonchev–Trinajstić information content (AvgIpc) is 2.55. The van der Waals surface area contributed by atoms with Crippen molar-refractivity contribution in [3.8, 4) is 0 Å². The van der Waals surface area contributed by atoms with Gasteiger partial charge in [-0.3, -0.25) is 19.4 Å². The third-order valence-electron chi connectivity index (χ3n) is 2.38. The van der Waals surface area contributed by atoms with E-state index in [9.17, 15) is 9.59 Å². The van der Waals surface area contributed by atoms with Crippen molar-refractivity contribution in [1.29, 1.82) is 0 Å². The van der Waals surface area contributed by atoms with Crippen molar-refractivity contribution in [2.24, 2.45) is 5.73 Å². The molecular weight excluding hydrogens is 194 g/mol. The van der Waals surface area contributed by atoms with Crippen LogP contribution in [0.25, 0.3) is 10.9 Å². The fourth-order valence-electron chi connectivity index (χ4n) is 1.70. The number of hydrogen-bond acceptors (Lipinski definition) is 2. The van der Waals surface area contributed by atoms with Gasteiger partial charge in [-0.25, -0.2) is 0 Å². The van der Waals surface area contributed by atoms with Gasteiger partial charge in [0.25, 0.3) is 5.56 Å². The van der Waals surface area contributed by atoms with Crippen LogP contribution in [0.3, 0.4) is 0 Å². The van der Waals surface area contributed by atoms with Gasteiger partial charge in [0, 0.05) is 6.54 Å². The van der Waals surface area contributed by atoms with E-state index in [4.69, 9.17) is 5.73 Å². The standard InChI is InChI=1S/C10H11N3O2/c1-2-13-7-5-3-4-6(9(11)14)8(7)10(15)12-13/h3-5H,2H2,1H3,(H2,11,14)(H,12,15). The molecule has 0 bridgehead atoms. The van der Waals surface area contributed by atoms with Crippen LogP contribution in [0.4, 0.5) is 0 Å². The maximum Gasteiger partial charge on any atom is 0.272 e. The van der Waals surface area contributed by atoms with Crippen molar-refractivity contribution in [3.63, 3.8) is 0 Å². The quantitative estimate of drug-likeness (QED) is 0.746. The summed E-state index contributed by atoms with van der Waals surface area (Å²) in [4.78, 5) is 22.7. The fourth-order valence-corrected chi connectivity index (χ4v) is 1.70. The summed E-state index contributed by atoms with van der Waals surface area (Å²) in [6, 6.07) is 5.05. The topological polar surface area (TPSA) is 80.9 Å². The van der Waals surface area contributed by atoms with E-state index in [-0.39, 0.29) is 11.1 Å². The number of hydrogen-bond donors (Lipinski definition) is 2. The molecule has 5 heteroatoms.